The van der Waals surface area contributed by atoms with Crippen molar-refractivity contribution in [1.82, 2.24) is 15.1 Å². The van der Waals surface area contributed by atoms with Gasteiger partial charge in [-0.3, -0.25) is 9.48 Å². The number of aryl methyl sites for hydroxylation is 1. The molecule has 0 aliphatic carbocycles. The Morgan fingerprint density at radius 3 is 2.53 bits per heavy atom. The Labute approximate surface area is 101 Å². The summed E-state index contributed by atoms with van der Waals surface area (Å²) in [5, 5.41) is 16.3. The molecule has 0 aromatic carbocycles. The second-order valence-corrected chi connectivity index (χ2v) is 4.83. The fourth-order valence-corrected chi connectivity index (χ4v) is 1.37. The van der Waals surface area contributed by atoms with Crippen LogP contribution < -0.4 is 11.1 Å². The third kappa shape index (κ3) is 3.74. The summed E-state index contributed by atoms with van der Waals surface area (Å²) in [6, 6.07) is 0. The lowest BCUT2D eigenvalue weighted by Crippen LogP contribution is -2.39. The van der Waals surface area contributed by atoms with Crippen molar-refractivity contribution in [3.05, 3.63) is 11.4 Å². The summed E-state index contributed by atoms with van der Waals surface area (Å²) in [6.45, 7) is 7.20. The SMILES string of the molecule is Cc1nn(CC(=O)NCC(C)(C)O)c(C)c1N. The molecule has 0 saturated carbocycles. The molecule has 0 unspecified atom stereocenters. The van der Waals surface area contributed by atoms with Crippen LogP contribution >= 0.6 is 0 Å². The predicted octanol–water partition coefficient (Wildman–Crippen LogP) is -0.0308. The number of rotatable bonds is 4. The number of carbonyl (C=O) groups is 1. The van der Waals surface area contributed by atoms with Gasteiger partial charge in [0, 0.05) is 6.54 Å². The molecule has 0 fully saturated rings. The Kier molecular flexibility index (Phi) is 3.77. The number of nitrogens with one attached hydrogen (secondary N) is 1. The maximum atomic E-state index is 11.6. The van der Waals surface area contributed by atoms with E-state index in [1.54, 1.807) is 25.5 Å². The zero-order valence-electron chi connectivity index (χ0n) is 10.7. The highest BCUT2D eigenvalue weighted by atomic mass is 16.3. The van der Waals surface area contributed by atoms with Gasteiger partial charge in [0.15, 0.2) is 0 Å². The van der Waals surface area contributed by atoms with Crippen molar-refractivity contribution in [3.63, 3.8) is 0 Å². The molecular weight excluding hydrogens is 220 g/mol. The lowest BCUT2D eigenvalue weighted by Gasteiger charge is -2.17. The number of nitrogen functional groups attached to an aromatic ring is 1. The quantitative estimate of drug-likeness (QED) is 0.689. The van der Waals surface area contributed by atoms with Crippen LogP contribution in [0.15, 0.2) is 0 Å². The standard InChI is InChI=1S/C11H20N4O2/c1-7-10(12)8(2)15(14-7)5-9(16)13-6-11(3,4)17/h17H,5-6,12H2,1-4H3,(H,13,16). The molecule has 1 rings (SSSR count). The highest BCUT2D eigenvalue weighted by Crippen LogP contribution is 2.14. The Morgan fingerprint density at radius 1 is 1.53 bits per heavy atom. The van der Waals surface area contributed by atoms with Gasteiger partial charge in [-0.25, -0.2) is 0 Å². The van der Waals surface area contributed by atoms with Gasteiger partial charge in [0.1, 0.15) is 6.54 Å². The Morgan fingerprint density at radius 2 is 2.12 bits per heavy atom. The van der Waals surface area contributed by atoms with Crippen molar-refractivity contribution < 1.29 is 9.90 Å². The molecule has 0 aliphatic rings. The van der Waals surface area contributed by atoms with Crippen molar-refractivity contribution >= 4 is 11.6 Å². The first-order valence-electron chi connectivity index (χ1n) is 5.49. The Bertz CT molecular complexity index is 418. The molecule has 0 aliphatic heterocycles. The minimum Gasteiger partial charge on any atom is -0.396 e. The highest BCUT2D eigenvalue weighted by Gasteiger charge is 2.15. The lowest BCUT2D eigenvalue weighted by molar-refractivity contribution is -0.122. The monoisotopic (exact) mass is 240 g/mol. The van der Waals surface area contributed by atoms with Gasteiger partial charge in [0.2, 0.25) is 5.91 Å². The van der Waals surface area contributed by atoms with E-state index in [9.17, 15) is 9.90 Å². The Hall–Kier alpha value is -1.56. The van der Waals surface area contributed by atoms with Crippen LogP contribution in [0, 0.1) is 13.8 Å². The van der Waals surface area contributed by atoms with Crippen LogP contribution in [0.2, 0.25) is 0 Å². The first kappa shape index (κ1) is 13.5. The number of hydrogen-bond donors (Lipinski definition) is 3. The van der Waals surface area contributed by atoms with Gasteiger partial charge in [-0.05, 0) is 27.7 Å². The molecule has 6 nitrogen and oxygen atoms in total. The van der Waals surface area contributed by atoms with E-state index in [-0.39, 0.29) is 19.0 Å². The normalized spacial score (nSPS) is 11.6. The molecule has 6 heteroatoms. The van der Waals surface area contributed by atoms with E-state index in [4.69, 9.17) is 5.73 Å². The molecule has 0 spiro atoms. The van der Waals surface area contributed by atoms with E-state index in [0.717, 1.165) is 11.4 Å². The number of amides is 1. The van der Waals surface area contributed by atoms with Gasteiger partial charge in [-0.15, -0.1) is 0 Å². The minimum atomic E-state index is -0.913. The average Bonchev–Trinajstić information content (AvgIpc) is 2.43. The number of carbonyl (C=O) groups excluding carboxylic acids is 1. The maximum Gasteiger partial charge on any atom is 0.241 e. The van der Waals surface area contributed by atoms with E-state index in [1.165, 1.54) is 0 Å². The van der Waals surface area contributed by atoms with Gasteiger partial charge in [0.25, 0.3) is 0 Å². The summed E-state index contributed by atoms with van der Waals surface area (Å²) in [5.41, 5.74) is 6.96. The molecule has 17 heavy (non-hydrogen) atoms. The second kappa shape index (κ2) is 4.75. The summed E-state index contributed by atoms with van der Waals surface area (Å²) in [4.78, 5) is 11.6. The predicted molar refractivity (Wildman–Crippen MR) is 65.4 cm³/mol. The molecule has 0 radical (unpaired) electrons. The fourth-order valence-electron chi connectivity index (χ4n) is 1.37. The van der Waals surface area contributed by atoms with Crippen LogP contribution in [0.25, 0.3) is 0 Å². The van der Waals surface area contributed by atoms with Crippen LogP contribution in [0.1, 0.15) is 25.2 Å². The zero-order chi connectivity index (χ0) is 13.2. The third-order valence-corrected chi connectivity index (χ3v) is 2.45. The van der Waals surface area contributed by atoms with Crippen LogP contribution in [-0.2, 0) is 11.3 Å². The Balaban J connectivity index is 2.60. The molecule has 1 heterocycles. The van der Waals surface area contributed by atoms with Gasteiger partial charge in [-0.2, -0.15) is 5.10 Å². The molecular formula is C11H20N4O2. The van der Waals surface area contributed by atoms with Crippen molar-refractivity contribution in [3.8, 4) is 0 Å². The molecule has 4 N–H and O–H groups in total. The van der Waals surface area contributed by atoms with Crippen LogP contribution in [0.4, 0.5) is 5.69 Å². The number of hydrogen-bond acceptors (Lipinski definition) is 4. The van der Waals surface area contributed by atoms with Gasteiger partial charge in [0.05, 0.1) is 22.7 Å². The fraction of sp³-hybridized carbons (Fsp3) is 0.636. The van der Waals surface area contributed by atoms with E-state index in [1.807, 2.05) is 6.92 Å². The van der Waals surface area contributed by atoms with E-state index in [0.29, 0.717) is 5.69 Å². The molecule has 0 bridgehead atoms. The van der Waals surface area contributed by atoms with Crippen molar-refractivity contribution in [2.24, 2.45) is 0 Å². The summed E-state index contributed by atoms with van der Waals surface area (Å²) in [7, 11) is 0. The molecule has 0 atom stereocenters. The summed E-state index contributed by atoms with van der Waals surface area (Å²) in [5.74, 6) is -0.197. The van der Waals surface area contributed by atoms with Gasteiger partial charge < -0.3 is 16.2 Å². The molecule has 96 valence electrons. The van der Waals surface area contributed by atoms with E-state index >= 15 is 0 Å². The topological polar surface area (TPSA) is 93.2 Å². The maximum absolute atomic E-state index is 11.6. The number of nitrogens with zero attached hydrogens (tertiary/aromatic N) is 2. The number of anilines is 1. The minimum absolute atomic E-state index is 0.111. The first-order valence-corrected chi connectivity index (χ1v) is 5.49. The smallest absolute Gasteiger partial charge is 0.241 e. The van der Waals surface area contributed by atoms with Gasteiger partial charge >= 0.3 is 0 Å². The summed E-state index contributed by atoms with van der Waals surface area (Å²) in [6.07, 6.45) is 0. The van der Waals surface area contributed by atoms with Crippen molar-refractivity contribution in [2.45, 2.75) is 39.8 Å². The number of aliphatic hydroxyl groups is 1. The van der Waals surface area contributed by atoms with Crippen molar-refractivity contribution in [1.29, 1.82) is 0 Å². The second-order valence-electron chi connectivity index (χ2n) is 4.83. The van der Waals surface area contributed by atoms with E-state index in [2.05, 4.69) is 10.4 Å². The lowest BCUT2D eigenvalue weighted by atomic mass is 10.1. The summed E-state index contributed by atoms with van der Waals surface area (Å²) >= 11 is 0. The van der Waals surface area contributed by atoms with Crippen LogP contribution in [0.5, 0.6) is 0 Å². The average molecular weight is 240 g/mol. The first-order chi connectivity index (χ1) is 7.70. The molecule has 1 aromatic heterocycles. The van der Waals surface area contributed by atoms with Crippen molar-refractivity contribution in [2.75, 3.05) is 12.3 Å². The molecule has 0 saturated heterocycles. The number of nitrogens with two attached hydrogens (primary N) is 1. The highest BCUT2D eigenvalue weighted by molar-refractivity contribution is 5.76. The van der Waals surface area contributed by atoms with E-state index < -0.39 is 5.60 Å². The third-order valence-electron chi connectivity index (χ3n) is 2.45. The zero-order valence-corrected chi connectivity index (χ0v) is 10.7. The number of aromatic nitrogens is 2. The van der Waals surface area contributed by atoms with Crippen LogP contribution in [-0.4, -0.2) is 32.9 Å². The molecule has 1 aromatic rings. The largest absolute Gasteiger partial charge is 0.396 e. The van der Waals surface area contributed by atoms with Crippen LogP contribution in [0.3, 0.4) is 0 Å². The van der Waals surface area contributed by atoms with Gasteiger partial charge in [-0.1, -0.05) is 0 Å². The molecule has 1 amide bonds. The summed E-state index contributed by atoms with van der Waals surface area (Å²) < 4.78 is 1.56.